The highest BCUT2D eigenvalue weighted by atomic mass is 16.4. The minimum atomic E-state index is -1.64. The summed E-state index contributed by atoms with van der Waals surface area (Å²) >= 11 is 0. The number of hydrogen-bond donors (Lipinski definition) is 12. The zero-order valence-corrected chi connectivity index (χ0v) is 43.3. The van der Waals surface area contributed by atoms with Crippen LogP contribution < -0.4 is 55.3 Å². The van der Waals surface area contributed by atoms with Gasteiger partial charge in [0.05, 0.1) is 19.2 Å². The maximum Gasteiger partial charge on any atom is 0.385 e. The van der Waals surface area contributed by atoms with Crippen molar-refractivity contribution in [3.63, 3.8) is 0 Å². The Morgan fingerprint density at radius 3 is 1.71 bits per heavy atom. The van der Waals surface area contributed by atoms with Gasteiger partial charge in [-0.3, -0.25) is 48.3 Å². The normalized spacial score (nSPS) is 18.7. The number of carboxylic acid groups (broad SMARTS) is 1. The molecule has 0 saturated carbocycles. The van der Waals surface area contributed by atoms with Crippen LogP contribution in [0.15, 0.2) is 64.6 Å². The summed E-state index contributed by atoms with van der Waals surface area (Å²) in [6.07, 6.45) is 2.81. The summed E-state index contributed by atoms with van der Waals surface area (Å²) in [5, 5.41) is 42.4. The van der Waals surface area contributed by atoms with Gasteiger partial charge in [0.15, 0.2) is 16.9 Å². The van der Waals surface area contributed by atoms with E-state index in [1.54, 1.807) is 30.3 Å². The SMILES string of the molecule is N#[N+]c1ccc(C[C@H](NC(=O)CNC(=O)[C@@H]2CCCN2C(=O)[C@@H]2CCCN2C(=O)[C@@H](N)CCCN=C(N)N)C(=O)N[C@@H](CO)C(=O)N2CCC[C@H]2C(=O)N[C@@H](Cc2ccccc2)C(=O)N[C@@H](CCCN=C(N)N)C(=O)O)cc1. The maximum atomic E-state index is 14.2. The van der Waals surface area contributed by atoms with E-state index in [-0.39, 0.29) is 88.7 Å². The van der Waals surface area contributed by atoms with E-state index in [1.165, 1.54) is 34.1 Å². The van der Waals surface area contributed by atoms with Crippen molar-refractivity contribution in [2.45, 2.75) is 125 Å². The molecule has 3 aliphatic rings. The topological polar surface area (TPSA) is 447 Å². The van der Waals surface area contributed by atoms with Crippen molar-refractivity contribution in [2.24, 2.45) is 38.7 Å². The second-order valence-electron chi connectivity index (χ2n) is 19.3. The van der Waals surface area contributed by atoms with Crippen molar-refractivity contribution in [2.75, 3.05) is 45.9 Å². The lowest BCUT2D eigenvalue weighted by atomic mass is 10.0. The van der Waals surface area contributed by atoms with Crippen LogP contribution in [0.4, 0.5) is 5.69 Å². The van der Waals surface area contributed by atoms with Gasteiger partial charge in [-0.2, -0.15) is 0 Å². The minimum Gasteiger partial charge on any atom is -0.480 e. The molecule has 3 saturated heterocycles. The summed E-state index contributed by atoms with van der Waals surface area (Å²) in [5.74, 6) is -7.23. The van der Waals surface area contributed by atoms with Crippen LogP contribution in [0.2, 0.25) is 0 Å². The number of nitrogens with one attached hydrogen (secondary N) is 5. The first-order valence-corrected chi connectivity index (χ1v) is 25.9. The fourth-order valence-electron chi connectivity index (χ4n) is 9.63. The highest BCUT2D eigenvalue weighted by Crippen LogP contribution is 2.26. The van der Waals surface area contributed by atoms with E-state index < -0.39 is 115 Å². The second kappa shape index (κ2) is 29.7. The summed E-state index contributed by atoms with van der Waals surface area (Å²) in [4.78, 5) is 138. The minimum absolute atomic E-state index is 0.0237. The Morgan fingerprint density at radius 1 is 0.628 bits per heavy atom. The van der Waals surface area contributed by atoms with Gasteiger partial charge < -0.3 is 80.2 Å². The number of nitrogens with two attached hydrogens (primary N) is 5. The van der Waals surface area contributed by atoms with Gasteiger partial charge in [-0.1, -0.05) is 42.5 Å². The zero-order valence-electron chi connectivity index (χ0n) is 43.3. The first-order chi connectivity index (χ1) is 37.3. The Hall–Kier alpha value is -8.45. The summed E-state index contributed by atoms with van der Waals surface area (Å²) in [6.45, 7) is -0.620. The van der Waals surface area contributed by atoms with E-state index in [1.807, 2.05) is 0 Å². The van der Waals surface area contributed by atoms with Crippen molar-refractivity contribution in [1.29, 1.82) is 5.39 Å². The third-order valence-electron chi connectivity index (χ3n) is 13.6. The quantitative estimate of drug-likeness (QED) is 0.0179. The molecule has 3 heterocycles. The van der Waals surface area contributed by atoms with Gasteiger partial charge in [0.1, 0.15) is 42.3 Å². The predicted octanol–water partition coefficient (Wildman–Crippen LogP) is -3.50. The number of aliphatic imine (C=N–C) groups is 2. The van der Waals surface area contributed by atoms with Gasteiger partial charge in [-0.05, 0) is 75.3 Å². The van der Waals surface area contributed by atoms with Gasteiger partial charge in [-0.25, -0.2) is 4.79 Å². The lowest BCUT2D eigenvalue weighted by Gasteiger charge is -2.32. The molecular formula is C50H72N17O11+. The van der Waals surface area contributed by atoms with Crippen LogP contribution in [0.5, 0.6) is 0 Å². The molecule has 3 fully saturated rings. The van der Waals surface area contributed by atoms with Crippen LogP contribution in [-0.4, -0.2) is 184 Å². The Labute approximate surface area is 450 Å². The molecule has 0 bridgehead atoms. The molecule has 422 valence electrons. The predicted molar refractivity (Wildman–Crippen MR) is 282 cm³/mol. The van der Waals surface area contributed by atoms with E-state index in [4.69, 9.17) is 28.7 Å². The number of rotatable bonds is 27. The number of carbonyl (C=O) groups is 9. The molecule has 8 atom stereocenters. The highest BCUT2D eigenvalue weighted by molar-refractivity contribution is 5.98. The lowest BCUT2D eigenvalue weighted by Crippen LogP contribution is -2.60. The average Bonchev–Trinajstić information content (AvgIpc) is 4.25. The Balaban J connectivity index is 1.23. The molecule has 5 rings (SSSR count). The Morgan fingerprint density at radius 2 is 1.14 bits per heavy atom. The number of carboxylic acids is 1. The number of aliphatic hydroxyl groups excluding tert-OH is 1. The lowest BCUT2D eigenvalue weighted by molar-refractivity contribution is -0.147. The number of aliphatic hydroxyl groups is 1. The molecule has 3 aliphatic heterocycles. The van der Waals surface area contributed by atoms with Crippen LogP contribution in [0.3, 0.4) is 0 Å². The van der Waals surface area contributed by atoms with Crippen LogP contribution in [0.25, 0.3) is 4.98 Å². The molecule has 78 heavy (non-hydrogen) atoms. The van der Waals surface area contributed by atoms with E-state index in [9.17, 15) is 58.8 Å². The number of guanidine groups is 2. The monoisotopic (exact) mass is 1090 g/mol. The third-order valence-corrected chi connectivity index (χ3v) is 13.6. The first kappa shape index (κ1) is 60.4. The van der Waals surface area contributed by atoms with Crippen LogP contribution in [0, 0.1) is 5.39 Å². The molecule has 0 radical (unpaired) electrons. The number of hydrogen-bond acceptors (Lipinski definition) is 14. The Bertz CT molecular complexity index is 2550. The molecular weight excluding hydrogens is 1010 g/mol. The number of nitrogens with zero attached hydrogens (tertiary/aromatic N) is 7. The van der Waals surface area contributed by atoms with Crippen molar-refractivity contribution < 1.29 is 53.4 Å². The number of diazo groups is 1. The molecule has 28 heteroatoms. The van der Waals surface area contributed by atoms with Gasteiger partial charge >= 0.3 is 11.7 Å². The molecule has 2 aromatic rings. The number of likely N-dealkylation sites (tertiary alicyclic amines) is 3. The molecule has 2 aromatic carbocycles. The number of amides is 8. The van der Waals surface area contributed by atoms with E-state index >= 15 is 0 Å². The molecule has 8 amide bonds. The second-order valence-corrected chi connectivity index (χ2v) is 19.3. The van der Waals surface area contributed by atoms with E-state index in [2.05, 4.69) is 41.5 Å². The molecule has 17 N–H and O–H groups in total. The summed E-state index contributed by atoms with van der Waals surface area (Å²) in [6, 6.07) is 4.98. The fourth-order valence-corrected chi connectivity index (χ4v) is 9.63. The molecule has 28 nitrogen and oxygen atoms in total. The van der Waals surface area contributed by atoms with Crippen molar-refractivity contribution in [1.82, 2.24) is 41.3 Å². The molecule has 0 unspecified atom stereocenters. The van der Waals surface area contributed by atoms with Crippen molar-refractivity contribution >= 4 is 70.8 Å². The maximum absolute atomic E-state index is 14.2. The third kappa shape index (κ3) is 17.6. The van der Waals surface area contributed by atoms with Crippen molar-refractivity contribution in [3.8, 4) is 0 Å². The average molecular weight is 1090 g/mol. The van der Waals surface area contributed by atoms with Gasteiger partial charge in [0, 0.05) is 57.7 Å². The zero-order chi connectivity index (χ0) is 56.9. The van der Waals surface area contributed by atoms with Gasteiger partial charge in [0.25, 0.3) is 0 Å². The molecule has 0 aromatic heterocycles. The number of benzene rings is 2. The Kier molecular flexibility index (Phi) is 23.0. The van der Waals surface area contributed by atoms with Crippen LogP contribution in [-0.2, 0) is 56.0 Å². The fraction of sp³-hybridized carbons (Fsp3) is 0.540. The summed E-state index contributed by atoms with van der Waals surface area (Å²) in [5.41, 5.74) is 29.0. The van der Waals surface area contributed by atoms with Gasteiger partial charge in [0.2, 0.25) is 52.7 Å². The van der Waals surface area contributed by atoms with Crippen molar-refractivity contribution in [3.05, 3.63) is 70.7 Å². The van der Waals surface area contributed by atoms with Gasteiger partial charge in [-0.15, -0.1) is 0 Å². The molecule has 0 spiro atoms. The highest BCUT2D eigenvalue weighted by Gasteiger charge is 2.44. The first-order valence-electron chi connectivity index (χ1n) is 25.9. The van der Waals surface area contributed by atoms with E-state index in [0.29, 0.717) is 49.8 Å². The van der Waals surface area contributed by atoms with Crippen LogP contribution >= 0.6 is 0 Å². The van der Waals surface area contributed by atoms with Crippen LogP contribution in [0.1, 0.15) is 75.3 Å². The number of carbonyl (C=O) groups excluding carboxylic acids is 8. The summed E-state index contributed by atoms with van der Waals surface area (Å²) in [7, 11) is 0. The largest absolute Gasteiger partial charge is 0.480 e. The number of aliphatic carboxylic acids is 1. The molecule has 0 aliphatic carbocycles. The van der Waals surface area contributed by atoms with E-state index in [0.717, 1.165) is 4.90 Å². The summed E-state index contributed by atoms with van der Waals surface area (Å²) < 4.78 is 0. The standard InChI is InChI=1S/C50H71N17O11/c51-32(11-4-20-57-49(52)53)45(74)67-24-8-15-39(67)47(76)66-23-6-13-37(66)43(72)59-27-40(69)60-34(26-30-16-18-31(64-56)19-17-30)41(70)63-36(28-68)46(75)65-22-7-14-38(65)44(73)62-35(25-29-9-2-1-3-10-29)42(71)61-33(48(77)78)12-5-21-58-50(54)55/h1-3,9-10,16-19,32-39,68H,4-8,11-15,20-28,51H2,(H13-,52,53,54,55,57,58,59,60,61,62,63,69,70,71,72,73,77,78)/p+1/t32-,33-,34-,35-,36-,37-,38-,39-/m0/s1. The smallest absolute Gasteiger partial charge is 0.385 e.